The van der Waals surface area contributed by atoms with E-state index in [1.165, 1.54) is 0 Å². The van der Waals surface area contributed by atoms with Crippen molar-refractivity contribution in [3.63, 3.8) is 0 Å². The van der Waals surface area contributed by atoms with Crippen molar-refractivity contribution in [2.75, 3.05) is 0 Å². The van der Waals surface area contributed by atoms with E-state index in [1.807, 2.05) is 78.9 Å². The molecule has 3 aromatic carbocycles. The third-order valence-corrected chi connectivity index (χ3v) is 5.37. The summed E-state index contributed by atoms with van der Waals surface area (Å²) in [5, 5.41) is 5.56. The molecule has 0 radical (unpaired) electrons. The molecule has 6 heteroatoms. The maximum absolute atomic E-state index is 6.32. The fourth-order valence-electron chi connectivity index (χ4n) is 3.37. The molecule has 0 spiro atoms. The molecule has 29 heavy (non-hydrogen) atoms. The minimum absolute atomic E-state index is 0.588. The van der Waals surface area contributed by atoms with E-state index >= 15 is 0 Å². The monoisotopic (exact) mass is 419 g/mol. The Kier molecular flexibility index (Phi) is 4.58. The number of rotatable bonds is 4. The van der Waals surface area contributed by atoms with Gasteiger partial charge in [-0.2, -0.15) is 0 Å². The van der Waals surface area contributed by atoms with Crippen molar-refractivity contribution >= 4 is 34.2 Å². The summed E-state index contributed by atoms with van der Waals surface area (Å²) in [6, 6.07) is 25.2. The Labute approximate surface area is 177 Å². The summed E-state index contributed by atoms with van der Waals surface area (Å²) < 4.78 is 7.79. The van der Waals surface area contributed by atoms with Gasteiger partial charge in [-0.05, 0) is 35.9 Å². The minimum atomic E-state index is 0.588. The van der Waals surface area contributed by atoms with Crippen LogP contribution in [0.2, 0.25) is 10.0 Å². The van der Waals surface area contributed by atoms with Crippen LogP contribution in [0, 0.1) is 0 Å². The SMILES string of the molecule is Clc1ccc(Cn2c(-c3cc(-c4ccccc4Cl)no3)nc3ccccc32)cc1. The van der Waals surface area contributed by atoms with Crippen LogP contribution in [0.25, 0.3) is 33.9 Å². The van der Waals surface area contributed by atoms with Crippen LogP contribution in [-0.4, -0.2) is 14.7 Å². The Hall–Kier alpha value is -3.08. The Morgan fingerprint density at radius 2 is 1.62 bits per heavy atom. The maximum atomic E-state index is 6.32. The van der Waals surface area contributed by atoms with Crippen LogP contribution < -0.4 is 0 Å². The number of nitrogens with zero attached hydrogens (tertiary/aromatic N) is 3. The van der Waals surface area contributed by atoms with Gasteiger partial charge in [0.25, 0.3) is 0 Å². The van der Waals surface area contributed by atoms with Gasteiger partial charge < -0.3 is 9.09 Å². The lowest BCUT2D eigenvalue weighted by Gasteiger charge is -2.08. The number of para-hydroxylation sites is 2. The second kappa shape index (κ2) is 7.39. The highest BCUT2D eigenvalue weighted by Gasteiger charge is 2.18. The van der Waals surface area contributed by atoms with Gasteiger partial charge in [0.1, 0.15) is 5.69 Å². The number of fused-ring (bicyclic) bond motifs is 1. The van der Waals surface area contributed by atoms with Gasteiger partial charge in [0.05, 0.1) is 16.1 Å². The molecule has 142 valence electrons. The van der Waals surface area contributed by atoms with Gasteiger partial charge in [-0.15, -0.1) is 0 Å². The van der Waals surface area contributed by atoms with Gasteiger partial charge in [0.15, 0.2) is 5.82 Å². The lowest BCUT2D eigenvalue weighted by Crippen LogP contribution is -2.01. The van der Waals surface area contributed by atoms with E-state index in [0.29, 0.717) is 33.9 Å². The minimum Gasteiger partial charge on any atom is -0.352 e. The largest absolute Gasteiger partial charge is 0.352 e. The van der Waals surface area contributed by atoms with Gasteiger partial charge in [0.2, 0.25) is 5.76 Å². The predicted molar refractivity (Wildman–Crippen MR) is 116 cm³/mol. The van der Waals surface area contributed by atoms with Gasteiger partial charge in [0, 0.05) is 23.2 Å². The summed E-state index contributed by atoms with van der Waals surface area (Å²) in [6.07, 6.45) is 0. The third-order valence-electron chi connectivity index (χ3n) is 4.79. The van der Waals surface area contributed by atoms with Crippen molar-refractivity contribution in [3.8, 4) is 22.8 Å². The molecule has 0 aliphatic carbocycles. The molecule has 0 N–H and O–H groups in total. The first kappa shape index (κ1) is 18.0. The molecule has 0 aliphatic heterocycles. The first-order valence-electron chi connectivity index (χ1n) is 9.11. The second-order valence-corrected chi connectivity index (χ2v) is 7.54. The summed E-state index contributed by atoms with van der Waals surface area (Å²) in [6.45, 7) is 0.634. The van der Waals surface area contributed by atoms with Crippen LogP contribution in [0.5, 0.6) is 0 Å². The molecule has 4 nitrogen and oxygen atoms in total. The average Bonchev–Trinajstić information content (AvgIpc) is 3.35. The molecular weight excluding hydrogens is 405 g/mol. The molecular formula is C23H15Cl2N3O. The number of hydrogen-bond acceptors (Lipinski definition) is 3. The molecule has 0 saturated heterocycles. The molecule has 0 atom stereocenters. The van der Waals surface area contributed by atoms with E-state index < -0.39 is 0 Å². The van der Waals surface area contributed by atoms with Crippen molar-refractivity contribution in [1.82, 2.24) is 14.7 Å². The second-order valence-electron chi connectivity index (χ2n) is 6.69. The molecule has 5 aromatic rings. The molecule has 0 fully saturated rings. The lowest BCUT2D eigenvalue weighted by molar-refractivity contribution is 0.430. The van der Waals surface area contributed by atoms with Gasteiger partial charge in [-0.1, -0.05) is 70.8 Å². The number of hydrogen-bond donors (Lipinski definition) is 0. The molecule has 0 unspecified atom stereocenters. The van der Waals surface area contributed by atoms with E-state index in [2.05, 4.69) is 9.72 Å². The van der Waals surface area contributed by atoms with Crippen molar-refractivity contribution in [2.45, 2.75) is 6.54 Å². The van der Waals surface area contributed by atoms with Crippen LogP contribution in [0.15, 0.2) is 83.4 Å². The quantitative estimate of drug-likeness (QED) is 0.324. The summed E-state index contributed by atoms with van der Waals surface area (Å²) >= 11 is 12.4. The van der Waals surface area contributed by atoms with Crippen LogP contribution in [0.1, 0.15) is 5.56 Å². The van der Waals surface area contributed by atoms with Crippen molar-refractivity contribution in [1.29, 1.82) is 0 Å². The smallest absolute Gasteiger partial charge is 0.203 e. The number of benzene rings is 3. The molecule has 0 aliphatic rings. The van der Waals surface area contributed by atoms with Crippen molar-refractivity contribution in [2.24, 2.45) is 0 Å². The molecule has 0 bridgehead atoms. The van der Waals surface area contributed by atoms with Gasteiger partial charge >= 0.3 is 0 Å². The number of halogens is 2. The highest BCUT2D eigenvalue weighted by Crippen LogP contribution is 2.32. The first-order valence-corrected chi connectivity index (χ1v) is 9.86. The van der Waals surface area contributed by atoms with Crippen LogP contribution >= 0.6 is 23.2 Å². The standard InChI is InChI=1S/C23H15Cl2N3O/c24-16-11-9-15(10-12-16)14-28-21-8-4-3-7-19(21)26-23(28)22-13-20(27-29-22)17-5-1-2-6-18(17)25/h1-13H,14H2. The molecule has 5 rings (SSSR count). The van der Waals surface area contributed by atoms with E-state index in [1.54, 1.807) is 0 Å². The predicted octanol–water partition coefficient (Wildman–Crippen LogP) is 6.71. The van der Waals surface area contributed by atoms with E-state index in [0.717, 1.165) is 22.2 Å². The molecule has 0 amide bonds. The Morgan fingerprint density at radius 3 is 2.45 bits per heavy atom. The average molecular weight is 420 g/mol. The normalized spacial score (nSPS) is 11.2. The third kappa shape index (κ3) is 3.41. The highest BCUT2D eigenvalue weighted by atomic mass is 35.5. The summed E-state index contributed by atoms with van der Waals surface area (Å²) in [5.41, 5.74) is 4.53. The number of aromatic nitrogens is 3. The van der Waals surface area contributed by atoms with Crippen molar-refractivity contribution in [3.05, 3.63) is 94.5 Å². The Balaban J connectivity index is 1.62. The van der Waals surface area contributed by atoms with Crippen LogP contribution in [-0.2, 0) is 6.54 Å². The zero-order chi connectivity index (χ0) is 19.8. The summed E-state index contributed by atoms with van der Waals surface area (Å²) in [4.78, 5) is 4.80. The zero-order valence-electron chi connectivity index (χ0n) is 15.2. The Morgan fingerprint density at radius 1 is 0.862 bits per heavy atom. The molecule has 2 aromatic heterocycles. The molecule has 0 saturated carbocycles. The summed E-state index contributed by atoms with van der Waals surface area (Å²) in [7, 11) is 0. The topological polar surface area (TPSA) is 43.9 Å². The fraction of sp³-hybridized carbons (Fsp3) is 0.0435. The van der Waals surface area contributed by atoms with Crippen molar-refractivity contribution < 1.29 is 4.52 Å². The van der Waals surface area contributed by atoms with Crippen LogP contribution in [0.3, 0.4) is 0 Å². The van der Waals surface area contributed by atoms with Crippen LogP contribution in [0.4, 0.5) is 0 Å². The van der Waals surface area contributed by atoms with E-state index in [9.17, 15) is 0 Å². The number of imidazole rings is 1. The van der Waals surface area contributed by atoms with E-state index in [4.69, 9.17) is 32.7 Å². The Bertz CT molecular complexity index is 1310. The van der Waals surface area contributed by atoms with Gasteiger partial charge in [-0.3, -0.25) is 0 Å². The zero-order valence-corrected chi connectivity index (χ0v) is 16.7. The summed E-state index contributed by atoms with van der Waals surface area (Å²) in [5.74, 6) is 1.30. The first-order chi connectivity index (χ1) is 14.2. The van der Waals surface area contributed by atoms with E-state index in [-0.39, 0.29) is 0 Å². The molecule has 2 heterocycles. The fourth-order valence-corrected chi connectivity index (χ4v) is 3.73. The van der Waals surface area contributed by atoms with Gasteiger partial charge in [-0.25, -0.2) is 4.98 Å². The highest BCUT2D eigenvalue weighted by molar-refractivity contribution is 6.33. The maximum Gasteiger partial charge on any atom is 0.203 e. The lowest BCUT2D eigenvalue weighted by atomic mass is 10.1.